The predicted octanol–water partition coefficient (Wildman–Crippen LogP) is 2.31. The summed E-state index contributed by atoms with van der Waals surface area (Å²) in [7, 11) is 0. The zero-order valence-electron chi connectivity index (χ0n) is 11.5. The maximum Gasteiger partial charge on any atom is 0.252 e. The van der Waals surface area contributed by atoms with Crippen molar-refractivity contribution in [1.82, 2.24) is 5.32 Å². The van der Waals surface area contributed by atoms with Gasteiger partial charge in [0.25, 0.3) is 5.91 Å². The Morgan fingerprint density at radius 3 is 2.75 bits per heavy atom. The molecule has 5 heteroatoms. The number of carbonyl (C=O) groups is 1. The van der Waals surface area contributed by atoms with E-state index in [4.69, 9.17) is 9.47 Å². The molecule has 0 unspecified atom stereocenters. The van der Waals surface area contributed by atoms with Crippen molar-refractivity contribution in [2.24, 2.45) is 11.8 Å². The van der Waals surface area contributed by atoms with Crippen LogP contribution in [0.2, 0.25) is 0 Å². The van der Waals surface area contributed by atoms with Crippen LogP contribution in [0.5, 0.6) is 0 Å². The van der Waals surface area contributed by atoms with Gasteiger partial charge in [0.2, 0.25) is 0 Å². The van der Waals surface area contributed by atoms with E-state index < -0.39 is 0 Å². The van der Waals surface area contributed by atoms with E-state index in [1.165, 1.54) is 0 Å². The largest absolute Gasteiger partial charge is 0.381 e. The van der Waals surface area contributed by atoms with Crippen molar-refractivity contribution in [1.29, 1.82) is 0 Å². The lowest BCUT2D eigenvalue weighted by molar-refractivity contribution is -0.0259. The van der Waals surface area contributed by atoms with Crippen molar-refractivity contribution in [3.05, 3.63) is 22.4 Å². The van der Waals surface area contributed by atoms with Crippen molar-refractivity contribution in [3.8, 4) is 0 Å². The Morgan fingerprint density at radius 1 is 1.20 bits per heavy atom. The SMILES string of the molecule is O=C(N[C@H]1CCOC[C@H]1C1CCOCC1)c1ccsc1. The first-order valence-corrected chi connectivity index (χ1v) is 8.27. The summed E-state index contributed by atoms with van der Waals surface area (Å²) in [6.07, 6.45) is 3.08. The molecule has 1 aromatic heterocycles. The number of amides is 1. The van der Waals surface area contributed by atoms with Crippen molar-refractivity contribution < 1.29 is 14.3 Å². The highest BCUT2D eigenvalue weighted by Gasteiger charge is 2.34. The summed E-state index contributed by atoms with van der Waals surface area (Å²) in [5, 5.41) is 7.06. The molecule has 0 aliphatic carbocycles. The molecule has 0 aromatic carbocycles. The molecule has 2 atom stereocenters. The molecular weight excluding hydrogens is 274 g/mol. The third-order valence-electron chi connectivity index (χ3n) is 4.37. The van der Waals surface area contributed by atoms with Gasteiger partial charge >= 0.3 is 0 Å². The Bertz CT molecular complexity index is 428. The number of carbonyl (C=O) groups excluding carboxylic acids is 1. The Balaban J connectivity index is 1.64. The lowest BCUT2D eigenvalue weighted by Gasteiger charge is -2.39. The second-order valence-electron chi connectivity index (χ2n) is 5.57. The van der Waals surface area contributed by atoms with Crippen LogP contribution < -0.4 is 5.32 Å². The topological polar surface area (TPSA) is 47.6 Å². The van der Waals surface area contributed by atoms with Gasteiger partial charge in [0.15, 0.2) is 0 Å². The Hall–Kier alpha value is -0.910. The highest BCUT2D eigenvalue weighted by molar-refractivity contribution is 7.08. The average Bonchev–Trinajstić information content (AvgIpc) is 3.03. The summed E-state index contributed by atoms with van der Waals surface area (Å²) in [6.45, 7) is 3.19. The molecule has 20 heavy (non-hydrogen) atoms. The summed E-state index contributed by atoms with van der Waals surface area (Å²) in [5.74, 6) is 1.09. The van der Waals surface area contributed by atoms with Crippen LogP contribution in [0.1, 0.15) is 29.6 Å². The zero-order valence-corrected chi connectivity index (χ0v) is 12.4. The first kappa shape index (κ1) is 14.0. The van der Waals surface area contributed by atoms with E-state index in [0.717, 1.165) is 51.3 Å². The molecule has 2 aliphatic heterocycles. The number of hydrogen-bond donors (Lipinski definition) is 1. The van der Waals surface area contributed by atoms with E-state index in [2.05, 4.69) is 5.32 Å². The average molecular weight is 295 g/mol. The van der Waals surface area contributed by atoms with Crippen molar-refractivity contribution >= 4 is 17.2 Å². The van der Waals surface area contributed by atoms with Gasteiger partial charge in [-0.25, -0.2) is 0 Å². The molecule has 0 spiro atoms. The lowest BCUT2D eigenvalue weighted by atomic mass is 9.79. The van der Waals surface area contributed by atoms with Crippen LogP contribution in [0.4, 0.5) is 0 Å². The molecule has 1 aromatic rings. The van der Waals surface area contributed by atoms with E-state index in [1.54, 1.807) is 11.3 Å². The summed E-state index contributed by atoms with van der Waals surface area (Å²) in [4.78, 5) is 12.2. The molecule has 3 heterocycles. The Labute approximate surface area is 123 Å². The summed E-state index contributed by atoms with van der Waals surface area (Å²) in [5.41, 5.74) is 0.771. The molecule has 2 aliphatic rings. The van der Waals surface area contributed by atoms with Gasteiger partial charge in [-0.2, -0.15) is 11.3 Å². The summed E-state index contributed by atoms with van der Waals surface area (Å²) < 4.78 is 11.1. The van der Waals surface area contributed by atoms with Crippen LogP contribution >= 0.6 is 11.3 Å². The van der Waals surface area contributed by atoms with Crippen LogP contribution in [0.15, 0.2) is 16.8 Å². The number of rotatable bonds is 3. The molecule has 4 nitrogen and oxygen atoms in total. The second-order valence-corrected chi connectivity index (χ2v) is 6.35. The predicted molar refractivity (Wildman–Crippen MR) is 78.0 cm³/mol. The molecule has 2 fully saturated rings. The highest BCUT2D eigenvalue weighted by atomic mass is 32.1. The third kappa shape index (κ3) is 3.22. The minimum Gasteiger partial charge on any atom is -0.381 e. The van der Waals surface area contributed by atoms with Crippen molar-refractivity contribution in [2.75, 3.05) is 26.4 Å². The smallest absolute Gasteiger partial charge is 0.252 e. The minimum atomic E-state index is 0.0511. The van der Waals surface area contributed by atoms with Gasteiger partial charge in [-0.15, -0.1) is 0 Å². The fraction of sp³-hybridized carbons (Fsp3) is 0.667. The van der Waals surface area contributed by atoms with Gasteiger partial charge in [-0.1, -0.05) is 0 Å². The quantitative estimate of drug-likeness (QED) is 0.931. The molecule has 0 bridgehead atoms. The fourth-order valence-corrected chi connectivity index (χ4v) is 3.83. The van der Waals surface area contributed by atoms with E-state index in [0.29, 0.717) is 11.8 Å². The van der Waals surface area contributed by atoms with Gasteiger partial charge in [0.05, 0.1) is 6.61 Å². The number of thiophene rings is 1. The molecule has 0 saturated carbocycles. The van der Waals surface area contributed by atoms with E-state index >= 15 is 0 Å². The monoisotopic (exact) mass is 295 g/mol. The van der Waals surface area contributed by atoms with Gasteiger partial charge in [0.1, 0.15) is 0 Å². The van der Waals surface area contributed by atoms with Gasteiger partial charge < -0.3 is 14.8 Å². The van der Waals surface area contributed by atoms with Crippen LogP contribution in [-0.2, 0) is 9.47 Å². The van der Waals surface area contributed by atoms with Crippen LogP contribution in [0.25, 0.3) is 0 Å². The maximum absolute atomic E-state index is 12.2. The fourth-order valence-electron chi connectivity index (χ4n) is 3.19. The second kappa shape index (κ2) is 6.70. The first-order chi connectivity index (χ1) is 9.84. The minimum absolute atomic E-state index is 0.0511. The first-order valence-electron chi connectivity index (χ1n) is 7.33. The maximum atomic E-state index is 12.2. The lowest BCUT2D eigenvalue weighted by Crippen LogP contribution is -2.49. The summed E-state index contributed by atoms with van der Waals surface area (Å²) >= 11 is 1.56. The van der Waals surface area contributed by atoms with Gasteiger partial charge in [-0.05, 0) is 36.6 Å². The number of hydrogen-bond acceptors (Lipinski definition) is 4. The van der Waals surface area contributed by atoms with Crippen LogP contribution in [-0.4, -0.2) is 38.4 Å². The Morgan fingerprint density at radius 2 is 2.00 bits per heavy atom. The third-order valence-corrected chi connectivity index (χ3v) is 5.05. The number of nitrogens with one attached hydrogen (secondary N) is 1. The molecule has 0 radical (unpaired) electrons. The highest BCUT2D eigenvalue weighted by Crippen LogP contribution is 2.30. The normalized spacial score (nSPS) is 28.2. The molecule has 1 N–H and O–H groups in total. The molecule has 110 valence electrons. The molecular formula is C15H21NO3S. The number of ether oxygens (including phenoxy) is 2. The van der Waals surface area contributed by atoms with Crippen LogP contribution in [0, 0.1) is 11.8 Å². The van der Waals surface area contributed by atoms with Crippen molar-refractivity contribution in [3.63, 3.8) is 0 Å². The van der Waals surface area contributed by atoms with E-state index in [-0.39, 0.29) is 11.9 Å². The van der Waals surface area contributed by atoms with Gasteiger partial charge in [0, 0.05) is 42.7 Å². The standard InChI is InChI=1S/C15H21NO3S/c17-15(12-4-8-20-10-12)16-14-3-7-19-9-13(14)11-1-5-18-6-2-11/h4,8,10-11,13-14H,1-3,5-7,9H2,(H,16,17)/t13-,14-/m0/s1. The summed E-state index contributed by atoms with van der Waals surface area (Å²) in [6, 6.07) is 2.11. The van der Waals surface area contributed by atoms with Crippen molar-refractivity contribution in [2.45, 2.75) is 25.3 Å². The molecule has 1 amide bonds. The molecule has 3 rings (SSSR count). The zero-order chi connectivity index (χ0) is 13.8. The van der Waals surface area contributed by atoms with E-state index in [9.17, 15) is 4.79 Å². The van der Waals surface area contributed by atoms with E-state index in [1.807, 2.05) is 16.8 Å². The van der Waals surface area contributed by atoms with Gasteiger partial charge in [-0.3, -0.25) is 4.79 Å². The van der Waals surface area contributed by atoms with Crippen LogP contribution in [0.3, 0.4) is 0 Å². The molecule has 2 saturated heterocycles. The Kier molecular flexibility index (Phi) is 4.70.